The minimum atomic E-state index is -1.39. The van der Waals surface area contributed by atoms with Crippen LogP contribution in [0.4, 0.5) is 15.1 Å². The van der Waals surface area contributed by atoms with Crippen LogP contribution in [0.5, 0.6) is 0 Å². The van der Waals surface area contributed by atoms with Gasteiger partial charge in [-0.2, -0.15) is 0 Å². The average Bonchev–Trinajstić information content (AvgIpc) is 3.44. The quantitative estimate of drug-likeness (QED) is 0.326. The molecule has 196 valence electrons. The minimum absolute atomic E-state index is 0.0838. The highest BCUT2D eigenvalue weighted by atomic mass is 32.1. The van der Waals surface area contributed by atoms with Crippen molar-refractivity contribution in [3.63, 3.8) is 0 Å². The fourth-order valence-corrected chi connectivity index (χ4v) is 7.66. The van der Waals surface area contributed by atoms with Gasteiger partial charge in [0, 0.05) is 22.5 Å². The Hall–Kier alpha value is -3.97. The second-order valence-corrected chi connectivity index (χ2v) is 11.5. The summed E-state index contributed by atoms with van der Waals surface area (Å²) in [5, 5.41) is 4.40. The normalized spacial score (nSPS) is 19.6. The van der Waals surface area contributed by atoms with Crippen LogP contribution in [0.25, 0.3) is 0 Å². The van der Waals surface area contributed by atoms with Crippen molar-refractivity contribution in [1.29, 1.82) is 0 Å². The summed E-state index contributed by atoms with van der Waals surface area (Å²) in [6, 6.07) is 24.2. The lowest BCUT2D eigenvalue weighted by Crippen LogP contribution is -2.62. The summed E-state index contributed by atoms with van der Waals surface area (Å²) in [6.45, 7) is 0.452. The van der Waals surface area contributed by atoms with Crippen molar-refractivity contribution in [2.45, 2.75) is 44.3 Å². The van der Waals surface area contributed by atoms with Crippen LogP contribution in [-0.2, 0) is 36.3 Å². The maximum Gasteiger partial charge on any atom is 0.279 e. The SMILES string of the molecule is O=C1c2c(sc3c2CCCC3)N[C@]2(C(=O)N(Cc3ccccc3F)c3ccccc32)N1CCc1ccccc1. The molecule has 0 saturated carbocycles. The number of fused-ring (bicyclic) bond motifs is 5. The summed E-state index contributed by atoms with van der Waals surface area (Å²) in [4.78, 5) is 33.7. The Balaban J connectivity index is 1.37. The van der Waals surface area contributed by atoms with E-state index in [1.165, 1.54) is 10.9 Å². The Bertz CT molecular complexity index is 1600. The van der Waals surface area contributed by atoms with E-state index in [1.54, 1.807) is 39.3 Å². The molecule has 2 aliphatic heterocycles. The van der Waals surface area contributed by atoms with Gasteiger partial charge in [0.2, 0.25) is 5.66 Å². The monoisotopic (exact) mass is 537 g/mol. The number of halogens is 1. The molecule has 1 aromatic heterocycles. The number of amides is 2. The summed E-state index contributed by atoms with van der Waals surface area (Å²) in [5.74, 6) is -0.717. The molecule has 3 aliphatic rings. The molecule has 1 atom stereocenters. The minimum Gasteiger partial charge on any atom is -0.342 e. The first-order valence-electron chi connectivity index (χ1n) is 13.5. The molecule has 4 aromatic rings. The van der Waals surface area contributed by atoms with Crippen molar-refractivity contribution in [3.05, 3.63) is 117 Å². The lowest BCUT2D eigenvalue weighted by Gasteiger charge is -2.44. The Morgan fingerprint density at radius 2 is 1.64 bits per heavy atom. The highest BCUT2D eigenvalue weighted by Gasteiger charge is 2.59. The van der Waals surface area contributed by atoms with Crippen molar-refractivity contribution < 1.29 is 14.0 Å². The predicted molar refractivity (Wildman–Crippen MR) is 151 cm³/mol. The first kappa shape index (κ1) is 24.1. The third-order valence-corrected chi connectivity index (χ3v) is 9.43. The van der Waals surface area contributed by atoms with Gasteiger partial charge in [0.1, 0.15) is 10.8 Å². The first-order chi connectivity index (χ1) is 19.1. The summed E-state index contributed by atoms with van der Waals surface area (Å²) >= 11 is 1.61. The molecule has 0 radical (unpaired) electrons. The maximum atomic E-state index is 14.7. The molecule has 0 bridgehead atoms. The molecule has 39 heavy (non-hydrogen) atoms. The zero-order valence-corrected chi connectivity index (χ0v) is 22.3. The first-order valence-corrected chi connectivity index (χ1v) is 14.3. The van der Waals surface area contributed by atoms with Crippen LogP contribution < -0.4 is 10.2 Å². The fraction of sp³-hybridized carbons (Fsp3) is 0.250. The summed E-state index contributed by atoms with van der Waals surface area (Å²) in [6.07, 6.45) is 4.64. The molecule has 7 rings (SSSR count). The Morgan fingerprint density at radius 3 is 2.49 bits per heavy atom. The number of thiophene rings is 1. The van der Waals surface area contributed by atoms with Gasteiger partial charge in [0.05, 0.1) is 17.8 Å². The number of nitrogens with one attached hydrogen (secondary N) is 1. The number of anilines is 2. The molecule has 3 aromatic carbocycles. The van der Waals surface area contributed by atoms with Crippen molar-refractivity contribution in [2.24, 2.45) is 0 Å². The molecule has 2 amide bonds. The largest absolute Gasteiger partial charge is 0.342 e. The van der Waals surface area contributed by atoms with Crippen LogP contribution >= 0.6 is 11.3 Å². The number of hydrogen-bond donors (Lipinski definition) is 1. The molecule has 0 saturated heterocycles. The Labute approximate surface area is 230 Å². The second-order valence-electron chi connectivity index (χ2n) is 10.4. The highest BCUT2D eigenvalue weighted by Crippen LogP contribution is 2.52. The fourth-order valence-electron chi connectivity index (χ4n) is 6.32. The molecule has 3 heterocycles. The van der Waals surface area contributed by atoms with Gasteiger partial charge in [-0.05, 0) is 55.4 Å². The van der Waals surface area contributed by atoms with Gasteiger partial charge >= 0.3 is 0 Å². The number of carbonyl (C=O) groups is 2. The topological polar surface area (TPSA) is 52.7 Å². The van der Waals surface area contributed by atoms with E-state index in [0.29, 0.717) is 24.2 Å². The standard InChI is InChI=1S/C32H28FN3O2S/c33-25-15-7-4-12-22(25)20-35-26-16-8-6-14-24(26)32(31(35)38)34-29-28(23-13-5-9-17-27(23)39-29)30(37)36(32)19-18-21-10-2-1-3-11-21/h1-4,6-8,10-12,14-16,34H,5,9,13,17-20H2/t32-/m0/s1. The van der Waals surface area contributed by atoms with Gasteiger partial charge in [0.25, 0.3) is 11.8 Å². The molecule has 5 nitrogen and oxygen atoms in total. The Kier molecular flexibility index (Phi) is 5.77. The summed E-state index contributed by atoms with van der Waals surface area (Å²) < 4.78 is 14.7. The van der Waals surface area contributed by atoms with Crippen LogP contribution in [0.1, 0.15) is 50.3 Å². The molecule has 1 aliphatic carbocycles. The number of nitrogens with zero attached hydrogens (tertiary/aromatic N) is 2. The maximum absolute atomic E-state index is 14.7. The van der Waals surface area contributed by atoms with Crippen molar-refractivity contribution in [3.8, 4) is 0 Å². The number of carbonyl (C=O) groups excluding carboxylic acids is 2. The number of rotatable bonds is 5. The zero-order valence-electron chi connectivity index (χ0n) is 21.5. The lowest BCUT2D eigenvalue weighted by atomic mass is 9.90. The molecule has 7 heteroatoms. The van der Waals surface area contributed by atoms with Crippen LogP contribution in [0.3, 0.4) is 0 Å². The van der Waals surface area contributed by atoms with Gasteiger partial charge in [-0.15, -0.1) is 11.3 Å². The summed E-state index contributed by atoms with van der Waals surface area (Å²) in [5.41, 5.74) is 3.43. The van der Waals surface area contributed by atoms with Crippen molar-refractivity contribution in [1.82, 2.24) is 4.90 Å². The van der Waals surface area contributed by atoms with Crippen LogP contribution in [0, 0.1) is 5.82 Å². The van der Waals surface area contributed by atoms with Gasteiger partial charge in [-0.3, -0.25) is 9.59 Å². The number of para-hydroxylation sites is 1. The molecule has 0 unspecified atom stereocenters. The van der Waals surface area contributed by atoms with Crippen molar-refractivity contribution in [2.75, 3.05) is 16.8 Å². The van der Waals surface area contributed by atoms with E-state index in [0.717, 1.165) is 52.9 Å². The van der Waals surface area contributed by atoms with Crippen LogP contribution in [-0.4, -0.2) is 23.3 Å². The third-order valence-electron chi connectivity index (χ3n) is 8.22. The third kappa shape index (κ3) is 3.71. The predicted octanol–water partition coefficient (Wildman–Crippen LogP) is 6.28. The van der Waals surface area contributed by atoms with Gasteiger partial charge in [-0.25, -0.2) is 4.39 Å². The van der Waals surface area contributed by atoms with E-state index < -0.39 is 5.66 Å². The average molecular weight is 538 g/mol. The number of benzene rings is 3. The molecule has 0 fully saturated rings. The van der Waals surface area contributed by atoms with Gasteiger partial charge in [0.15, 0.2) is 0 Å². The van der Waals surface area contributed by atoms with Gasteiger partial charge in [-0.1, -0.05) is 66.7 Å². The van der Waals surface area contributed by atoms with E-state index >= 15 is 0 Å². The second kappa shape index (κ2) is 9.35. The molecule has 1 N–H and O–H groups in total. The Morgan fingerprint density at radius 1 is 0.897 bits per heavy atom. The molecular formula is C32H28FN3O2S. The molecule has 1 spiro atoms. The highest BCUT2D eigenvalue weighted by molar-refractivity contribution is 7.16. The lowest BCUT2D eigenvalue weighted by molar-refractivity contribution is -0.127. The number of aryl methyl sites for hydroxylation is 1. The van der Waals surface area contributed by atoms with E-state index in [-0.39, 0.29) is 24.2 Å². The van der Waals surface area contributed by atoms with E-state index in [4.69, 9.17) is 0 Å². The van der Waals surface area contributed by atoms with E-state index in [9.17, 15) is 14.0 Å². The number of hydrogen-bond acceptors (Lipinski definition) is 4. The van der Waals surface area contributed by atoms with Crippen LogP contribution in [0.15, 0.2) is 78.9 Å². The van der Waals surface area contributed by atoms with E-state index in [1.807, 2.05) is 54.6 Å². The van der Waals surface area contributed by atoms with E-state index in [2.05, 4.69) is 5.32 Å². The van der Waals surface area contributed by atoms with Gasteiger partial charge < -0.3 is 15.1 Å². The smallest absolute Gasteiger partial charge is 0.279 e. The zero-order chi connectivity index (χ0) is 26.6. The van der Waals surface area contributed by atoms with Crippen molar-refractivity contribution >= 4 is 33.8 Å². The molecular weight excluding hydrogens is 509 g/mol. The van der Waals surface area contributed by atoms with Crippen LogP contribution in [0.2, 0.25) is 0 Å². The summed E-state index contributed by atoms with van der Waals surface area (Å²) in [7, 11) is 0.